The molecule has 0 saturated carbocycles. The molecule has 0 fully saturated rings. The van der Waals surface area contributed by atoms with Crippen LogP contribution in [-0.4, -0.2) is 7.11 Å². The Kier molecular flexibility index (Phi) is 4.12. The van der Waals surface area contributed by atoms with Crippen LogP contribution in [0, 0.1) is 0 Å². The third-order valence-corrected chi connectivity index (χ3v) is 3.27. The average molecular weight is 282 g/mol. The van der Waals surface area contributed by atoms with E-state index in [2.05, 4.69) is 0 Å². The fraction of sp³-hybridized carbons (Fsp3) is 0.143. The normalized spacial score (nSPS) is 10.4. The summed E-state index contributed by atoms with van der Waals surface area (Å²) in [6, 6.07) is 11.2. The van der Waals surface area contributed by atoms with E-state index in [4.69, 9.17) is 33.7 Å². The molecule has 0 radical (unpaired) electrons. The summed E-state index contributed by atoms with van der Waals surface area (Å²) in [5, 5.41) is 1.28. The summed E-state index contributed by atoms with van der Waals surface area (Å²) in [6.45, 7) is 0.465. The van der Waals surface area contributed by atoms with Crippen molar-refractivity contribution in [3.05, 3.63) is 52.0 Å². The minimum absolute atomic E-state index is 0.465. The Morgan fingerprint density at radius 3 is 2.44 bits per heavy atom. The highest BCUT2D eigenvalue weighted by atomic mass is 35.5. The molecule has 0 bridgehead atoms. The Morgan fingerprint density at radius 1 is 1.06 bits per heavy atom. The Hall–Kier alpha value is -1.22. The molecule has 0 aliphatic carbocycles. The summed E-state index contributed by atoms with van der Waals surface area (Å²) in [5.41, 5.74) is 8.33. The monoisotopic (exact) mass is 281 g/mol. The number of hydrogen-bond acceptors (Lipinski definition) is 2. The number of methoxy groups -OCH3 is 1. The lowest BCUT2D eigenvalue weighted by atomic mass is 10.0. The Balaban J connectivity index is 2.57. The SMILES string of the molecule is COc1ccc(Cl)cc1-c1ccc(CN)cc1Cl. The van der Waals surface area contributed by atoms with E-state index in [1.807, 2.05) is 30.3 Å². The molecule has 0 aliphatic heterocycles. The van der Waals surface area contributed by atoms with Crippen LogP contribution in [0.15, 0.2) is 36.4 Å². The van der Waals surface area contributed by atoms with E-state index in [-0.39, 0.29) is 0 Å². The largest absolute Gasteiger partial charge is 0.496 e. The number of halogens is 2. The predicted octanol–water partition coefficient (Wildman–Crippen LogP) is 4.13. The highest BCUT2D eigenvalue weighted by molar-refractivity contribution is 6.34. The Labute approximate surface area is 116 Å². The van der Waals surface area contributed by atoms with Crippen molar-refractivity contribution in [1.29, 1.82) is 0 Å². The Bertz CT molecular complexity index is 570. The van der Waals surface area contributed by atoms with Crippen LogP contribution in [0.3, 0.4) is 0 Å². The van der Waals surface area contributed by atoms with Gasteiger partial charge >= 0.3 is 0 Å². The molecule has 0 heterocycles. The lowest BCUT2D eigenvalue weighted by Crippen LogP contribution is -1.96. The second kappa shape index (κ2) is 5.61. The molecule has 0 atom stereocenters. The first-order chi connectivity index (χ1) is 8.65. The van der Waals surface area contributed by atoms with Gasteiger partial charge in [-0.25, -0.2) is 0 Å². The van der Waals surface area contributed by atoms with Crippen LogP contribution in [-0.2, 0) is 6.54 Å². The zero-order chi connectivity index (χ0) is 13.1. The van der Waals surface area contributed by atoms with Gasteiger partial charge in [-0.05, 0) is 29.8 Å². The number of hydrogen-bond donors (Lipinski definition) is 1. The average Bonchev–Trinajstić information content (AvgIpc) is 2.38. The van der Waals surface area contributed by atoms with E-state index < -0.39 is 0 Å². The van der Waals surface area contributed by atoms with Crippen LogP contribution in [0.5, 0.6) is 5.75 Å². The molecule has 0 aliphatic rings. The van der Waals surface area contributed by atoms with Gasteiger partial charge in [-0.3, -0.25) is 0 Å². The topological polar surface area (TPSA) is 35.2 Å². The summed E-state index contributed by atoms with van der Waals surface area (Å²) in [6.07, 6.45) is 0. The highest BCUT2D eigenvalue weighted by Crippen LogP contribution is 2.36. The van der Waals surface area contributed by atoms with Gasteiger partial charge in [0.1, 0.15) is 5.75 Å². The second-order valence-corrected chi connectivity index (χ2v) is 4.71. The van der Waals surface area contributed by atoms with Gasteiger partial charge in [0.05, 0.1) is 7.11 Å². The first kappa shape index (κ1) is 13.2. The number of nitrogens with two attached hydrogens (primary N) is 1. The summed E-state index contributed by atoms with van der Waals surface area (Å²) >= 11 is 12.3. The Morgan fingerprint density at radius 2 is 1.83 bits per heavy atom. The molecule has 2 N–H and O–H groups in total. The van der Waals surface area contributed by atoms with E-state index in [9.17, 15) is 0 Å². The molecule has 2 aromatic carbocycles. The van der Waals surface area contributed by atoms with Gasteiger partial charge in [-0.15, -0.1) is 0 Å². The van der Waals surface area contributed by atoms with Gasteiger partial charge in [0.2, 0.25) is 0 Å². The number of benzene rings is 2. The van der Waals surface area contributed by atoms with Gasteiger partial charge < -0.3 is 10.5 Å². The number of rotatable bonds is 3. The summed E-state index contributed by atoms with van der Waals surface area (Å²) in [5.74, 6) is 0.738. The molecular weight excluding hydrogens is 269 g/mol. The van der Waals surface area contributed by atoms with E-state index in [0.29, 0.717) is 16.6 Å². The van der Waals surface area contributed by atoms with Crippen LogP contribution in [0.1, 0.15) is 5.56 Å². The minimum Gasteiger partial charge on any atom is -0.496 e. The number of ether oxygens (including phenoxy) is 1. The van der Waals surface area contributed by atoms with Gasteiger partial charge in [0, 0.05) is 27.7 Å². The van der Waals surface area contributed by atoms with Gasteiger partial charge in [0.15, 0.2) is 0 Å². The standard InChI is InChI=1S/C14H13Cl2NO/c1-18-14-5-3-10(15)7-12(14)11-4-2-9(8-17)6-13(11)16/h2-7H,8,17H2,1H3. The van der Waals surface area contributed by atoms with Crippen LogP contribution in [0.4, 0.5) is 0 Å². The molecule has 2 nitrogen and oxygen atoms in total. The van der Waals surface area contributed by atoms with E-state index >= 15 is 0 Å². The first-order valence-corrected chi connectivity index (χ1v) is 6.23. The third-order valence-electron chi connectivity index (χ3n) is 2.72. The lowest BCUT2D eigenvalue weighted by Gasteiger charge is -2.11. The van der Waals surface area contributed by atoms with Crippen LogP contribution in [0.25, 0.3) is 11.1 Å². The van der Waals surface area contributed by atoms with E-state index in [1.54, 1.807) is 13.2 Å². The molecule has 0 spiro atoms. The zero-order valence-electron chi connectivity index (χ0n) is 9.91. The fourth-order valence-corrected chi connectivity index (χ4v) is 2.27. The van der Waals surface area contributed by atoms with E-state index in [0.717, 1.165) is 22.4 Å². The van der Waals surface area contributed by atoms with Crippen molar-refractivity contribution in [2.24, 2.45) is 5.73 Å². The van der Waals surface area contributed by atoms with Crippen LogP contribution < -0.4 is 10.5 Å². The lowest BCUT2D eigenvalue weighted by molar-refractivity contribution is 0.416. The van der Waals surface area contributed by atoms with Crippen molar-refractivity contribution in [2.75, 3.05) is 7.11 Å². The van der Waals surface area contributed by atoms with Crippen molar-refractivity contribution in [3.8, 4) is 16.9 Å². The maximum atomic E-state index is 6.27. The van der Waals surface area contributed by atoms with Crippen molar-refractivity contribution in [3.63, 3.8) is 0 Å². The molecule has 0 unspecified atom stereocenters. The molecule has 2 aromatic rings. The maximum Gasteiger partial charge on any atom is 0.126 e. The molecule has 18 heavy (non-hydrogen) atoms. The zero-order valence-corrected chi connectivity index (χ0v) is 11.4. The quantitative estimate of drug-likeness (QED) is 0.918. The van der Waals surface area contributed by atoms with Crippen molar-refractivity contribution < 1.29 is 4.74 Å². The summed E-state index contributed by atoms with van der Waals surface area (Å²) in [4.78, 5) is 0. The van der Waals surface area contributed by atoms with Crippen molar-refractivity contribution in [2.45, 2.75) is 6.54 Å². The van der Waals surface area contributed by atoms with Gasteiger partial charge in [-0.2, -0.15) is 0 Å². The van der Waals surface area contributed by atoms with Crippen molar-refractivity contribution in [1.82, 2.24) is 0 Å². The minimum atomic E-state index is 0.465. The fourth-order valence-electron chi connectivity index (χ4n) is 1.79. The summed E-state index contributed by atoms with van der Waals surface area (Å²) < 4.78 is 5.32. The molecular formula is C14H13Cl2NO. The van der Waals surface area contributed by atoms with Crippen LogP contribution in [0.2, 0.25) is 10.0 Å². The van der Waals surface area contributed by atoms with Crippen molar-refractivity contribution >= 4 is 23.2 Å². The molecule has 0 aromatic heterocycles. The van der Waals surface area contributed by atoms with E-state index in [1.165, 1.54) is 0 Å². The summed E-state index contributed by atoms with van der Waals surface area (Å²) in [7, 11) is 1.62. The third kappa shape index (κ3) is 2.61. The molecule has 94 valence electrons. The molecule has 0 amide bonds. The molecule has 4 heteroatoms. The second-order valence-electron chi connectivity index (χ2n) is 3.86. The molecule has 2 rings (SSSR count). The smallest absolute Gasteiger partial charge is 0.126 e. The first-order valence-electron chi connectivity index (χ1n) is 5.48. The molecule has 0 saturated heterocycles. The van der Waals surface area contributed by atoms with Gasteiger partial charge in [-0.1, -0.05) is 35.3 Å². The van der Waals surface area contributed by atoms with Crippen LogP contribution >= 0.6 is 23.2 Å². The maximum absolute atomic E-state index is 6.27. The highest BCUT2D eigenvalue weighted by Gasteiger charge is 2.10. The predicted molar refractivity (Wildman–Crippen MR) is 76.3 cm³/mol. The van der Waals surface area contributed by atoms with Gasteiger partial charge in [0.25, 0.3) is 0 Å².